The molecule has 2 amide bonds. The summed E-state index contributed by atoms with van der Waals surface area (Å²) < 4.78 is 1.64. The van der Waals surface area contributed by atoms with Gasteiger partial charge in [-0.25, -0.2) is 0 Å². The average Bonchev–Trinajstić information content (AvgIpc) is 2.91. The molecule has 1 aromatic heterocycles. The van der Waals surface area contributed by atoms with Gasteiger partial charge in [-0.05, 0) is 30.5 Å². The lowest BCUT2D eigenvalue weighted by molar-refractivity contribution is -0.131. The van der Waals surface area contributed by atoms with Gasteiger partial charge in [-0.1, -0.05) is 24.3 Å². The van der Waals surface area contributed by atoms with Crippen LogP contribution in [0.2, 0.25) is 0 Å². The van der Waals surface area contributed by atoms with E-state index >= 15 is 0 Å². The SMILES string of the molecule is Cc1cc(C(=O)NCC(=O)N2CCc3ccccc3C2)nn1C. The molecular weight excluding hydrogens is 292 g/mol. The Labute approximate surface area is 135 Å². The van der Waals surface area contributed by atoms with Gasteiger partial charge in [0.25, 0.3) is 5.91 Å². The monoisotopic (exact) mass is 312 g/mol. The number of benzene rings is 1. The van der Waals surface area contributed by atoms with Crippen LogP contribution in [0.4, 0.5) is 0 Å². The fourth-order valence-electron chi connectivity index (χ4n) is 2.74. The molecule has 1 N–H and O–H groups in total. The van der Waals surface area contributed by atoms with Crippen LogP contribution in [0.15, 0.2) is 30.3 Å². The zero-order valence-corrected chi connectivity index (χ0v) is 13.4. The third-order valence-electron chi connectivity index (χ3n) is 4.23. The molecule has 0 unspecified atom stereocenters. The van der Waals surface area contributed by atoms with Gasteiger partial charge in [-0.3, -0.25) is 14.3 Å². The van der Waals surface area contributed by atoms with Crippen molar-refractivity contribution in [3.05, 3.63) is 52.8 Å². The summed E-state index contributed by atoms with van der Waals surface area (Å²) in [6.07, 6.45) is 0.856. The van der Waals surface area contributed by atoms with Gasteiger partial charge in [0.05, 0.1) is 6.54 Å². The van der Waals surface area contributed by atoms with E-state index < -0.39 is 0 Å². The Hall–Kier alpha value is -2.63. The van der Waals surface area contributed by atoms with E-state index in [2.05, 4.69) is 16.5 Å². The summed E-state index contributed by atoms with van der Waals surface area (Å²) in [4.78, 5) is 26.1. The van der Waals surface area contributed by atoms with Gasteiger partial charge >= 0.3 is 0 Å². The highest BCUT2D eigenvalue weighted by Gasteiger charge is 2.21. The van der Waals surface area contributed by atoms with Gasteiger partial charge in [0.15, 0.2) is 0 Å². The summed E-state index contributed by atoms with van der Waals surface area (Å²) >= 11 is 0. The Kier molecular flexibility index (Phi) is 4.14. The largest absolute Gasteiger partial charge is 0.342 e. The fourth-order valence-corrected chi connectivity index (χ4v) is 2.74. The molecule has 0 bridgehead atoms. The number of nitrogens with one attached hydrogen (secondary N) is 1. The van der Waals surface area contributed by atoms with Crippen molar-refractivity contribution in [2.75, 3.05) is 13.1 Å². The van der Waals surface area contributed by atoms with Crippen molar-refractivity contribution in [1.29, 1.82) is 0 Å². The van der Waals surface area contributed by atoms with Gasteiger partial charge in [0.1, 0.15) is 5.69 Å². The minimum Gasteiger partial charge on any atom is -0.342 e. The van der Waals surface area contributed by atoms with E-state index in [0.29, 0.717) is 18.8 Å². The molecule has 6 heteroatoms. The first-order chi connectivity index (χ1) is 11.0. The second kappa shape index (κ2) is 6.24. The van der Waals surface area contributed by atoms with Crippen LogP contribution in [0.5, 0.6) is 0 Å². The number of nitrogens with zero attached hydrogens (tertiary/aromatic N) is 3. The summed E-state index contributed by atoms with van der Waals surface area (Å²) in [5, 5.41) is 6.76. The highest BCUT2D eigenvalue weighted by Crippen LogP contribution is 2.18. The second-order valence-electron chi connectivity index (χ2n) is 5.81. The molecule has 2 aromatic rings. The first-order valence-corrected chi connectivity index (χ1v) is 7.68. The molecule has 0 saturated heterocycles. The lowest BCUT2D eigenvalue weighted by Gasteiger charge is -2.28. The van der Waals surface area contributed by atoms with Crippen LogP contribution in [-0.2, 0) is 24.8 Å². The van der Waals surface area contributed by atoms with E-state index in [1.807, 2.05) is 25.1 Å². The maximum absolute atomic E-state index is 12.3. The molecule has 0 radical (unpaired) electrons. The third kappa shape index (κ3) is 3.26. The van der Waals surface area contributed by atoms with Crippen molar-refractivity contribution >= 4 is 11.8 Å². The van der Waals surface area contributed by atoms with E-state index in [4.69, 9.17) is 0 Å². The molecule has 0 aliphatic carbocycles. The fraction of sp³-hybridized carbons (Fsp3) is 0.353. The second-order valence-corrected chi connectivity index (χ2v) is 5.81. The predicted molar refractivity (Wildman–Crippen MR) is 85.8 cm³/mol. The van der Waals surface area contributed by atoms with Crippen LogP contribution in [-0.4, -0.2) is 39.6 Å². The van der Waals surface area contributed by atoms with Gasteiger partial charge in [0.2, 0.25) is 5.91 Å². The van der Waals surface area contributed by atoms with Crippen LogP contribution in [0.25, 0.3) is 0 Å². The van der Waals surface area contributed by atoms with E-state index in [0.717, 1.165) is 12.1 Å². The first kappa shape index (κ1) is 15.3. The molecule has 6 nitrogen and oxygen atoms in total. The topological polar surface area (TPSA) is 67.2 Å². The minimum atomic E-state index is -0.320. The molecule has 1 aromatic carbocycles. The third-order valence-corrected chi connectivity index (χ3v) is 4.23. The quantitative estimate of drug-likeness (QED) is 0.921. The van der Waals surface area contributed by atoms with Crippen molar-refractivity contribution < 1.29 is 9.59 Å². The number of fused-ring (bicyclic) bond motifs is 1. The molecule has 0 spiro atoms. The smallest absolute Gasteiger partial charge is 0.272 e. The first-order valence-electron chi connectivity index (χ1n) is 7.68. The maximum atomic E-state index is 12.3. The van der Waals surface area contributed by atoms with Crippen LogP contribution in [0.1, 0.15) is 27.3 Å². The molecular formula is C17H20N4O2. The lowest BCUT2D eigenvalue weighted by atomic mass is 10.00. The van der Waals surface area contributed by atoms with Crippen LogP contribution >= 0.6 is 0 Å². The molecule has 0 saturated carbocycles. The van der Waals surface area contributed by atoms with Gasteiger partial charge in [-0.2, -0.15) is 5.10 Å². The number of carbonyl (C=O) groups is 2. The predicted octanol–water partition coefficient (Wildman–Crippen LogP) is 1.04. The van der Waals surface area contributed by atoms with Crippen molar-refractivity contribution in [2.45, 2.75) is 19.9 Å². The summed E-state index contributed by atoms with van der Waals surface area (Å²) in [7, 11) is 1.78. The van der Waals surface area contributed by atoms with Crippen molar-refractivity contribution in [3.63, 3.8) is 0 Å². The summed E-state index contributed by atoms with van der Waals surface area (Å²) in [6, 6.07) is 9.85. The zero-order chi connectivity index (χ0) is 16.4. The summed E-state index contributed by atoms with van der Waals surface area (Å²) in [6.45, 7) is 3.17. The Morgan fingerprint density at radius 1 is 1.26 bits per heavy atom. The summed E-state index contributed by atoms with van der Waals surface area (Å²) in [5.74, 6) is -0.389. The van der Waals surface area contributed by atoms with Crippen molar-refractivity contribution in [3.8, 4) is 0 Å². The number of hydrogen-bond donors (Lipinski definition) is 1. The Morgan fingerprint density at radius 2 is 2.00 bits per heavy atom. The number of rotatable bonds is 3. The van der Waals surface area contributed by atoms with E-state index in [1.165, 1.54) is 11.1 Å². The highest BCUT2D eigenvalue weighted by atomic mass is 16.2. The van der Waals surface area contributed by atoms with E-state index in [1.54, 1.807) is 22.7 Å². The lowest BCUT2D eigenvalue weighted by Crippen LogP contribution is -2.42. The number of hydrogen-bond acceptors (Lipinski definition) is 3. The molecule has 2 heterocycles. The molecule has 1 aliphatic rings. The van der Waals surface area contributed by atoms with Crippen LogP contribution in [0.3, 0.4) is 0 Å². The van der Waals surface area contributed by atoms with Crippen molar-refractivity contribution in [1.82, 2.24) is 20.0 Å². The number of aryl methyl sites for hydroxylation is 2. The van der Waals surface area contributed by atoms with E-state index in [-0.39, 0.29) is 18.4 Å². The Balaban J connectivity index is 1.57. The molecule has 0 fully saturated rings. The zero-order valence-electron chi connectivity index (χ0n) is 13.4. The number of carbonyl (C=O) groups excluding carboxylic acids is 2. The standard InChI is InChI=1S/C17H20N4O2/c1-12-9-15(19-20(12)2)17(23)18-10-16(22)21-8-7-13-5-3-4-6-14(13)11-21/h3-6,9H,7-8,10-11H2,1-2H3,(H,18,23). The van der Waals surface area contributed by atoms with Crippen LogP contribution in [0, 0.1) is 6.92 Å². The summed E-state index contributed by atoms with van der Waals surface area (Å²) in [5.41, 5.74) is 3.71. The molecule has 120 valence electrons. The van der Waals surface area contributed by atoms with Gasteiger partial charge < -0.3 is 10.2 Å². The van der Waals surface area contributed by atoms with Crippen molar-refractivity contribution in [2.24, 2.45) is 7.05 Å². The average molecular weight is 312 g/mol. The minimum absolute atomic E-state index is 0.00335. The van der Waals surface area contributed by atoms with Gasteiger partial charge in [0, 0.05) is 25.8 Å². The molecule has 23 heavy (non-hydrogen) atoms. The Bertz CT molecular complexity index is 731. The molecule has 3 rings (SSSR count). The molecule has 0 atom stereocenters. The number of aromatic nitrogens is 2. The number of amides is 2. The normalized spacial score (nSPS) is 13.6. The highest BCUT2D eigenvalue weighted by molar-refractivity contribution is 5.95. The van der Waals surface area contributed by atoms with Gasteiger partial charge in [-0.15, -0.1) is 0 Å². The van der Waals surface area contributed by atoms with Crippen LogP contribution < -0.4 is 5.32 Å². The maximum Gasteiger partial charge on any atom is 0.272 e. The molecule has 1 aliphatic heterocycles. The van der Waals surface area contributed by atoms with E-state index in [9.17, 15) is 9.59 Å². The Morgan fingerprint density at radius 3 is 2.70 bits per heavy atom.